The Balaban J connectivity index is 1.90. The lowest BCUT2D eigenvalue weighted by atomic mass is 9.98. The van der Waals surface area contributed by atoms with E-state index in [-0.39, 0.29) is 0 Å². The molecule has 1 aromatic carbocycles. The summed E-state index contributed by atoms with van der Waals surface area (Å²) in [5.74, 6) is -0.00455. The number of nitrogens with one attached hydrogen (secondary N) is 1. The fourth-order valence-corrected chi connectivity index (χ4v) is 2.31. The largest absolute Gasteiger partial charge is 0.493 e. The molecule has 1 unspecified atom stereocenters. The average molecular weight is 277 g/mol. The van der Waals surface area contributed by atoms with Crippen molar-refractivity contribution < 1.29 is 14.6 Å². The summed E-state index contributed by atoms with van der Waals surface area (Å²) in [7, 11) is 0. The minimum Gasteiger partial charge on any atom is -0.493 e. The van der Waals surface area contributed by atoms with Crippen LogP contribution in [-0.2, 0) is 4.79 Å². The van der Waals surface area contributed by atoms with Crippen LogP contribution in [0.25, 0.3) is 0 Å². The zero-order valence-electron chi connectivity index (χ0n) is 12.4. The third-order valence-electron chi connectivity index (χ3n) is 3.64. The maximum Gasteiger partial charge on any atom is 0.323 e. The summed E-state index contributed by atoms with van der Waals surface area (Å²) in [5.41, 5.74) is 1.40. The molecule has 1 saturated carbocycles. The van der Waals surface area contributed by atoms with E-state index in [1.54, 1.807) is 6.92 Å². The van der Waals surface area contributed by atoms with Gasteiger partial charge < -0.3 is 9.84 Å². The molecule has 1 atom stereocenters. The number of carboxylic acids is 1. The number of benzene rings is 1. The van der Waals surface area contributed by atoms with E-state index in [1.807, 2.05) is 26.0 Å². The number of rotatable bonds is 7. The topological polar surface area (TPSA) is 58.6 Å². The van der Waals surface area contributed by atoms with Gasteiger partial charge in [0.15, 0.2) is 0 Å². The zero-order valence-corrected chi connectivity index (χ0v) is 12.4. The van der Waals surface area contributed by atoms with Gasteiger partial charge in [0.05, 0.1) is 6.61 Å². The standard InChI is InChI=1S/C16H23NO3/c1-11-8-12(2)10-14(9-11)20-7-6-16(3,15(18)19)17-13-4-5-13/h8-10,13,17H,4-7H2,1-3H3,(H,18,19). The van der Waals surface area contributed by atoms with Gasteiger partial charge in [0.2, 0.25) is 0 Å². The predicted molar refractivity (Wildman–Crippen MR) is 78.2 cm³/mol. The second kappa shape index (κ2) is 5.83. The smallest absolute Gasteiger partial charge is 0.323 e. The van der Waals surface area contributed by atoms with Gasteiger partial charge >= 0.3 is 5.97 Å². The summed E-state index contributed by atoms with van der Waals surface area (Å²) in [4.78, 5) is 11.4. The summed E-state index contributed by atoms with van der Waals surface area (Å²) in [5, 5.41) is 12.6. The van der Waals surface area contributed by atoms with Gasteiger partial charge in [-0.15, -0.1) is 0 Å². The Morgan fingerprint density at radius 3 is 2.45 bits per heavy atom. The van der Waals surface area contributed by atoms with Crippen molar-refractivity contribution in [3.8, 4) is 5.75 Å². The van der Waals surface area contributed by atoms with Crippen molar-refractivity contribution in [2.45, 2.75) is 51.6 Å². The molecule has 1 fully saturated rings. The van der Waals surface area contributed by atoms with Gasteiger partial charge in [-0.3, -0.25) is 10.1 Å². The quantitative estimate of drug-likeness (QED) is 0.804. The Morgan fingerprint density at radius 2 is 1.95 bits per heavy atom. The molecule has 2 N–H and O–H groups in total. The Bertz CT molecular complexity index is 476. The number of ether oxygens (including phenoxy) is 1. The molecule has 2 rings (SSSR count). The molecule has 110 valence electrons. The molecular formula is C16H23NO3. The molecule has 0 radical (unpaired) electrons. The molecule has 4 heteroatoms. The normalized spacial score (nSPS) is 17.6. The number of aliphatic carboxylic acids is 1. The fourth-order valence-electron chi connectivity index (χ4n) is 2.31. The van der Waals surface area contributed by atoms with Gasteiger partial charge in [0.25, 0.3) is 0 Å². The molecule has 4 nitrogen and oxygen atoms in total. The van der Waals surface area contributed by atoms with E-state index in [9.17, 15) is 9.90 Å². The van der Waals surface area contributed by atoms with Crippen molar-refractivity contribution in [2.24, 2.45) is 0 Å². The maximum atomic E-state index is 11.4. The molecule has 0 aliphatic heterocycles. The van der Waals surface area contributed by atoms with Crippen LogP contribution in [0, 0.1) is 13.8 Å². The third kappa shape index (κ3) is 3.97. The van der Waals surface area contributed by atoms with Crippen molar-refractivity contribution in [1.82, 2.24) is 5.32 Å². The lowest BCUT2D eigenvalue weighted by Crippen LogP contribution is -2.51. The van der Waals surface area contributed by atoms with Crippen molar-refractivity contribution in [3.63, 3.8) is 0 Å². The molecular weight excluding hydrogens is 254 g/mol. The van der Waals surface area contributed by atoms with Crippen LogP contribution < -0.4 is 10.1 Å². The number of aryl methyl sites for hydroxylation is 2. The van der Waals surface area contributed by atoms with Crippen LogP contribution in [0.2, 0.25) is 0 Å². The second-order valence-corrected chi connectivity index (χ2v) is 5.98. The maximum absolute atomic E-state index is 11.4. The first-order valence-corrected chi connectivity index (χ1v) is 7.11. The Labute approximate surface area is 120 Å². The molecule has 0 bridgehead atoms. The highest BCUT2D eigenvalue weighted by Crippen LogP contribution is 2.25. The van der Waals surface area contributed by atoms with Crippen molar-refractivity contribution >= 4 is 5.97 Å². The van der Waals surface area contributed by atoms with Crippen molar-refractivity contribution in [3.05, 3.63) is 29.3 Å². The molecule has 20 heavy (non-hydrogen) atoms. The Hall–Kier alpha value is -1.55. The molecule has 1 aromatic rings. The number of hydrogen-bond acceptors (Lipinski definition) is 3. The van der Waals surface area contributed by atoms with Crippen LogP contribution in [-0.4, -0.2) is 29.3 Å². The van der Waals surface area contributed by atoms with Crippen LogP contribution in [0.3, 0.4) is 0 Å². The highest BCUT2D eigenvalue weighted by Gasteiger charge is 2.38. The van der Waals surface area contributed by atoms with Crippen molar-refractivity contribution in [1.29, 1.82) is 0 Å². The Kier molecular flexibility index (Phi) is 4.33. The summed E-state index contributed by atoms with van der Waals surface area (Å²) in [6, 6.07) is 6.39. The number of carbonyl (C=O) groups is 1. The minimum absolute atomic E-state index is 0.359. The van der Waals surface area contributed by atoms with Gasteiger partial charge in [-0.25, -0.2) is 0 Å². The molecule has 1 aliphatic carbocycles. The van der Waals surface area contributed by atoms with Gasteiger partial charge in [-0.2, -0.15) is 0 Å². The van der Waals surface area contributed by atoms with Crippen LogP contribution in [0.15, 0.2) is 18.2 Å². The monoisotopic (exact) mass is 277 g/mol. The average Bonchev–Trinajstić information content (AvgIpc) is 3.11. The number of hydrogen-bond donors (Lipinski definition) is 2. The van der Waals surface area contributed by atoms with E-state index in [4.69, 9.17) is 4.74 Å². The lowest BCUT2D eigenvalue weighted by Gasteiger charge is -2.26. The van der Waals surface area contributed by atoms with Crippen LogP contribution >= 0.6 is 0 Å². The second-order valence-electron chi connectivity index (χ2n) is 5.98. The molecule has 0 spiro atoms. The zero-order chi connectivity index (χ0) is 14.8. The molecule has 0 heterocycles. The number of carboxylic acid groups (broad SMARTS) is 1. The van der Waals surface area contributed by atoms with E-state index < -0.39 is 11.5 Å². The van der Waals surface area contributed by atoms with E-state index in [1.165, 1.54) is 0 Å². The summed E-state index contributed by atoms with van der Waals surface area (Å²) >= 11 is 0. The molecule has 0 amide bonds. The lowest BCUT2D eigenvalue weighted by molar-refractivity contribution is -0.144. The van der Waals surface area contributed by atoms with Crippen LogP contribution in [0.5, 0.6) is 5.75 Å². The first-order valence-electron chi connectivity index (χ1n) is 7.11. The third-order valence-corrected chi connectivity index (χ3v) is 3.64. The van der Waals surface area contributed by atoms with Gasteiger partial charge in [-0.05, 0) is 56.9 Å². The highest BCUT2D eigenvalue weighted by molar-refractivity contribution is 5.78. The SMILES string of the molecule is Cc1cc(C)cc(OCCC(C)(NC2CC2)C(=O)O)c1. The van der Waals surface area contributed by atoms with Gasteiger partial charge in [0, 0.05) is 12.5 Å². The summed E-state index contributed by atoms with van der Waals surface area (Å²) < 4.78 is 5.71. The van der Waals surface area contributed by atoms with E-state index >= 15 is 0 Å². The van der Waals surface area contributed by atoms with Crippen LogP contribution in [0.1, 0.15) is 37.3 Å². The minimum atomic E-state index is -0.903. The van der Waals surface area contributed by atoms with Crippen molar-refractivity contribution in [2.75, 3.05) is 6.61 Å². The Morgan fingerprint density at radius 1 is 1.35 bits per heavy atom. The summed E-state index contributed by atoms with van der Waals surface area (Å²) in [6.07, 6.45) is 2.59. The first kappa shape index (κ1) is 14.9. The highest BCUT2D eigenvalue weighted by atomic mass is 16.5. The molecule has 0 aromatic heterocycles. The predicted octanol–water partition coefficient (Wildman–Crippen LogP) is 2.67. The van der Waals surface area contributed by atoms with Gasteiger partial charge in [0.1, 0.15) is 11.3 Å². The van der Waals surface area contributed by atoms with Gasteiger partial charge in [-0.1, -0.05) is 6.07 Å². The van der Waals surface area contributed by atoms with E-state index in [0.717, 1.165) is 29.7 Å². The fraction of sp³-hybridized carbons (Fsp3) is 0.562. The summed E-state index contributed by atoms with van der Waals surface area (Å²) in [6.45, 7) is 6.18. The van der Waals surface area contributed by atoms with E-state index in [0.29, 0.717) is 19.1 Å². The molecule has 1 aliphatic rings. The van der Waals surface area contributed by atoms with E-state index in [2.05, 4.69) is 11.4 Å². The first-order chi connectivity index (χ1) is 9.39. The van der Waals surface area contributed by atoms with Crippen LogP contribution in [0.4, 0.5) is 0 Å². The molecule has 0 saturated heterocycles.